The minimum absolute atomic E-state index is 0.116. The van der Waals surface area contributed by atoms with E-state index in [1.54, 1.807) is 50.4 Å². The van der Waals surface area contributed by atoms with Crippen molar-refractivity contribution in [3.05, 3.63) is 102 Å². The van der Waals surface area contributed by atoms with Crippen LogP contribution in [-0.4, -0.2) is 32.0 Å². The number of benzene rings is 3. The van der Waals surface area contributed by atoms with Gasteiger partial charge in [-0.2, -0.15) is 8.42 Å². The van der Waals surface area contributed by atoms with Gasteiger partial charge in [-0.15, -0.1) is 0 Å². The molecule has 7 heteroatoms. The van der Waals surface area contributed by atoms with Gasteiger partial charge in [0.2, 0.25) is 0 Å². The molecule has 2 heterocycles. The summed E-state index contributed by atoms with van der Waals surface area (Å²) in [5.74, 6) is 0.878. The molecule has 6 nitrogen and oxygen atoms in total. The normalized spacial score (nSPS) is 16.6. The third-order valence-electron chi connectivity index (χ3n) is 7.17. The van der Waals surface area contributed by atoms with E-state index in [0.717, 1.165) is 30.9 Å². The number of hydrogen-bond donors (Lipinski definition) is 1. The number of aromatic nitrogens is 1. The van der Waals surface area contributed by atoms with Crippen LogP contribution in [0.2, 0.25) is 0 Å². The monoisotopic (exact) mass is 530 g/mol. The van der Waals surface area contributed by atoms with E-state index in [1.165, 1.54) is 24.8 Å². The van der Waals surface area contributed by atoms with Crippen LogP contribution in [-0.2, 0) is 16.7 Å². The topological polar surface area (TPSA) is 71.6 Å². The Kier molecular flexibility index (Phi) is 7.86. The molecule has 0 aliphatic carbocycles. The van der Waals surface area contributed by atoms with E-state index in [4.69, 9.17) is 8.92 Å². The Morgan fingerprint density at radius 1 is 0.921 bits per heavy atom. The first kappa shape index (κ1) is 26.1. The number of para-hydroxylation sites is 1. The first-order valence-corrected chi connectivity index (χ1v) is 14.5. The number of likely N-dealkylation sites (tertiary alicyclic amines) is 1. The highest BCUT2D eigenvalue weighted by Gasteiger charge is 2.25. The number of H-pyrrole nitrogens is 1. The van der Waals surface area contributed by atoms with Gasteiger partial charge >= 0.3 is 10.1 Å². The summed E-state index contributed by atoms with van der Waals surface area (Å²) in [6, 6.07) is 27.1. The van der Waals surface area contributed by atoms with Crippen LogP contribution in [0.4, 0.5) is 0 Å². The molecule has 1 aliphatic heterocycles. The molecule has 0 saturated carbocycles. The molecule has 1 aromatic heterocycles. The lowest BCUT2D eigenvalue weighted by Gasteiger charge is -2.30. The summed E-state index contributed by atoms with van der Waals surface area (Å²) >= 11 is 0. The second-order valence-electron chi connectivity index (χ2n) is 9.81. The number of aromatic amines is 1. The highest BCUT2D eigenvalue weighted by molar-refractivity contribution is 7.87. The molecule has 3 aromatic carbocycles. The highest BCUT2D eigenvalue weighted by atomic mass is 32.2. The smallest absolute Gasteiger partial charge is 0.339 e. The molecule has 1 unspecified atom stereocenters. The van der Waals surface area contributed by atoms with Crippen molar-refractivity contribution in [1.29, 1.82) is 0 Å². The Hall–Kier alpha value is -3.55. The number of rotatable bonds is 8. The molecule has 1 atom stereocenters. The van der Waals surface area contributed by atoms with Gasteiger partial charge in [0.1, 0.15) is 16.4 Å². The van der Waals surface area contributed by atoms with Crippen molar-refractivity contribution < 1.29 is 17.3 Å². The van der Waals surface area contributed by atoms with Gasteiger partial charge in [0.05, 0.1) is 7.11 Å². The average Bonchev–Trinajstić information content (AvgIpc) is 3.26. The third-order valence-corrected chi connectivity index (χ3v) is 8.56. The fourth-order valence-electron chi connectivity index (χ4n) is 5.28. The lowest BCUT2D eigenvalue weighted by atomic mass is 10.0. The Morgan fingerprint density at radius 3 is 2.39 bits per heavy atom. The molecule has 1 fully saturated rings. The van der Waals surface area contributed by atoms with Gasteiger partial charge < -0.3 is 13.9 Å². The number of nitrogens with one attached hydrogen (secondary N) is 1. The lowest BCUT2D eigenvalue weighted by molar-refractivity contribution is 0.190. The van der Waals surface area contributed by atoms with Gasteiger partial charge in [0.25, 0.3) is 0 Å². The largest absolute Gasteiger partial charge is 0.496 e. The number of methoxy groups -OCH3 is 1. The molecule has 0 spiro atoms. The summed E-state index contributed by atoms with van der Waals surface area (Å²) in [7, 11) is -2.44. The lowest BCUT2D eigenvalue weighted by Crippen LogP contribution is -2.28. The van der Waals surface area contributed by atoms with Crippen molar-refractivity contribution in [1.82, 2.24) is 9.88 Å². The quantitative estimate of drug-likeness (QED) is 0.251. The molecule has 0 bridgehead atoms. The minimum atomic E-state index is -4.04. The van der Waals surface area contributed by atoms with Gasteiger partial charge in [-0.05, 0) is 73.8 Å². The summed E-state index contributed by atoms with van der Waals surface area (Å²) in [5.41, 5.74) is 4.47. The molecule has 198 valence electrons. The Labute approximate surface area is 225 Å². The number of ether oxygens (including phenoxy) is 1. The molecule has 1 aliphatic rings. The van der Waals surface area contributed by atoms with Gasteiger partial charge in [-0.25, -0.2) is 0 Å². The SMILES string of the molecule is COc1cc(C)c(S(=O)(=O)Oc2ccccc2)cc1-c1ccc(CN2CCCCCC2c2ccccc2)[nH]1. The second kappa shape index (κ2) is 11.5. The highest BCUT2D eigenvalue weighted by Crippen LogP contribution is 2.36. The van der Waals surface area contributed by atoms with E-state index in [9.17, 15) is 8.42 Å². The van der Waals surface area contributed by atoms with E-state index in [-0.39, 0.29) is 10.6 Å². The Bertz CT molecular complexity index is 1470. The first-order valence-electron chi connectivity index (χ1n) is 13.1. The number of aryl methyl sites for hydroxylation is 1. The minimum Gasteiger partial charge on any atom is -0.496 e. The fraction of sp³-hybridized carbons (Fsp3) is 0.290. The van der Waals surface area contributed by atoms with E-state index >= 15 is 0 Å². The summed E-state index contributed by atoms with van der Waals surface area (Å²) in [5, 5.41) is 0. The number of nitrogens with zero attached hydrogens (tertiary/aromatic N) is 1. The predicted molar refractivity (Wildman–Crippen MR) is 150 cm³/mol. The molecule has 1 N–H and O–H groups in total. The first-order chi connectivity index (χ1) is 18.4. The van der Waals surface area contributed by atoms with Crippen LogP contribution < -0.4 is 8.92 Å². The standard InChI is InChI=1S/C31H34N2O4S/c1-23-20-30(36-2)27(21-31(23)38(34,35)37-26-14-8-4-9-15-26)28-18-17-25(32-28)22-33-19-11-5-10-16-29(33)24-12-6-3-7-13-24/h3-4,6-9,12-15,17-18,20-21,29,32H,5,10-11,16,19,22H2,1-2H3. The molecule has 1 saturated heterocycles. The van der Waals surface area contributed by atoms with Crippen LogP contribution in [0.25, 0.3) is 11.3 Å². The van der Waals surface area contributed by atoms with Gasteiger partial charge in [0, 0.05) is 29.5 Å². The van der Waals surface area contributed by atoms with Crippen molar-refractivity contribution in [2.75, 3.05) is 13.7 Å². The summed E-state index contributed by atoms with van der Waals surface area (Å²) in [4.78, 5) is 6.20. The summed E-state index contributed by atoms with van der Waals surface area (Å²) in [6.45, 7) is 3.58. The van der Waals surface area contributed by atoms with Crippen LogP contribution in [0.15, 0.2) is 89.8 Å². The maximum absolute atomic E-state index is 13.2. The average molecular weight is 531 g/mol. The molecular weight excluding hydrogens is 496 g/mol. The van der Waals surface area contributed by atoms with Crippen molar-refractivity contribution >= 4 is 10.1 Å². The van der Waals surface area contributed by atoms with E-state index in [0.29, 0.717) is 22.9 Å². The second-order valence-corrected chi connectivity index (χ2v) is 11.3. The van der Waals surface area contributed by atoms with Crippen LogP contribution in [0.1, 0.15) is 48.5 Å². The van der Waals surface area contributed by atoms with Gasteiger partial charge in [0.15, 0.2) is 0 Å². The molecule has 0 radical (unpaired) electrons. The van der Waals surface area contributed by atoms with Crippen LogP contribution in [0, 0.1) is 6.92 Å². The van der Waals surface area contributed by atoms with E-state index in [2.05, 4.69) is 46.3 Å². The van der Waals surface area contributed by atoms with Crippen molar-refractivity contribution in [2.24, 2.45) is 0 Å². The zero-order valence-electron chi connectivity index (χ0n) is 21.9. The van der Waals surface area contributed by atoms with Crippen molar-refractivity contribution in [3.8, 4) is 22.8 Å². The van der Waals surface area contributed by atoms with Gasteiger partial charge in [-0.3, -0.25) is 4.90 Å². The van der Waals surface area contributed by atoms with E-state index in [1.807, 2.05) is 12.1 Å². The van der Waals surface area contributed by atoms with Crippen LogP contribution in [0.3, 0.4) is 0 Å². The summed E-state index contributed by atoms with van der Waals surface area (Å²) < 4.78 is 37.5. The molecular formula is C31H34N2O4S. The Morgan fingerprint density at radius 2 is 1.66 bits per heavy atom. The zero-order chi connectivity index (χ0) is 26.5. The molecule has 38 heavy (non-hydrogen) atoms. The summed E-state index contributed by atoms with van der Waals surface area (Å²) in [6.07, 6.45) is 4.81. The zero-order valence-corrected chi connectivity index (χ0v) is 22.7. The number of hydrogen-bond acceptors (Lipinski definition) is 5. The van der Waals surface area contributed by atoms with Crippen LogP contribution >= 0.6 is 0 Å². The van der Waals surface area contributed by atoms with Crippen molar-refractivity contribution in [3.63, 3.8) is 0 Å². The van der Waals surface area contributed by atoms with E-state index < -0.39 is 10.1 Å². The van der Waals surface area contributed by atoms with Crippen molar-refractivity contribution in [2.45, 2.75) is 50.1 Å². The fourth-order valence-corrected chi connectivity index (χ4v) is 6.45. The predicted octanol–water partition coefficient (Wildman–Crippen LogP) is 6.88. The maximum atomic E-state index is 13.2. The molecule has 5 rings (SSSR count). The Balaban J connectivity index is 1.44. The van der Waals surface area contributed by atoms with Gasteiger partial charge in [-0.1, -0.05) is 61.4 Å². The molecule has 4 aromatic rings. The maximum Gasteiger partial charge on any atom is 0.339 e. The third kappa shape index (κ3) is 5.79. The molecule has 0 amide bonds. The van der Waals surface area contributed by atoms with Crippen LogP contribution in [0.5, 0.6) is 11.5 Å².